The molecule has 3 fully saturated rings. The molecule has 0 unspecified atom stereocenters. The van der Waals surface area contributed by atoms with Gasteiger partial charge in [-0.25, -0.2) is 5.01 Å². The summed E-state index contributed by atoms with van der Waals surface area (Å²) in [4.78, 5) is 0. The molecule has 0 aromatic rings. The predicted molar refractivity (Wildman–Crippen MR) is 33.4 cm³/mol. The molecule has 3 heteroatoms. The van der Waals surface area contributed by atoms with Crippen LogP contribution in [-0.4, -0.2) is 28.8 Å². The highest BCUT2D eigenvalue weighted by Crippen LogP contribution is 2.47. The largest absolute Gasteiger partial charge is 0.394 e. The third-order valence-electron chi connectivity index (χ3n) is 2.70. The van der Waals surface area contributed by atoms with Gasteiger partial charge in [0.15, 0.2) is 0 Å². The first-order valence-corrected chi connectivity index (χ1v) is 3.40. The Kier molecular flexibility index (Phi) is 0.928. The summed E-state index contributed by atoms with van der Waals surface area (Å²) in [5.41, 5.74) is 0.00463. The summed E-state index contributed by atoms with van der Waals surface area (Å²) in [5, 5.41) is 10.7. The number of nitrogens with zero attached hydrogens (tertiary/aromatic N) is 1. The van der Waals surface area contributed by atoms with E-state index in [-0.39, 0.29) is 12.1 Å². The van der Waals surface area contributed by atoms with Gasteiger partial charge in [0.2, 0.25) is 0 Å². The number of aliphatic hydroxyl groups is 1. The number of rotatable bonds is 1. The van der Waals surface area contributed by atoms with E-state index in [1.165, 1.54) is 0 Å². The maximum absolute atomic E-state index is 8.91. The summed E-state index contributed by atoms with van der Waals surface area (Å²) >= 11 is 0. The molecule has 2 bridgehead atoms. The molecule has 0 aromatic heterocycles. The molecule has 0 spiro atoms. The van der Waals surface area contributed by atoms with Crippen LogP contribution in [0.5, 0.6) is 0 Å². The van der Waals surface area contributed by atoms with Gasteiger partial charge in [0.05, 0.1) is 12.1 Å². The summed E-state index contributed by atoms with van der Waals surface area (Å²) in [5.74, 6) is 6.42. The Labute approximate surface area is 54.4 Å². The third kappa shape index (κ3) is 0.520. The third-order valence-corrected chi connectivity index (χ3v) is 2.70. The lowest BCUT2D eigenvalue weighted by atomic mass is 9.74. The zero-order chi connectivity index (χ0) is 6.48. The Morgan fingerprint density at radius 1 is 1.67 bits per heavy atom. The maximum Gasteiger partial charge on any atom is 0.0629 e. The van der Waals surface area contributed by atoms with Crippen molar-refractivity contribution in [1.82, 2.24) is 5.01 Å². The van der Waals surface area contributed by atoms with Crippen LogP contribution in [0.1, 0.15) is 12.8 Å². The number of hydrogen-bond acceptors (Lipinski definition) is 3. The van der Waals surface area contributed by atoms with E-state index >= 15 is 0 Å². The number of hydrogen-bond donors (Lipinski definition) is 2. The molecule has 0 aromatic carbocycles. The smallest absolute Gasteiger partial charge is 0.0629 e. The highest BCUT2D eigenvalue weighted by molar-refractivity contribution is 5.08. The maximum atomic E-state index is 8.91. The van der Waals surface area contributed by atoms with Crippen LogP contribution in [0.25, 0.3) is 0 Å². The first kappa shape index (κ1) is 5.65. The molecule has 2 heterocycles. The molecule has 2 aliphatic heterocycles. The summed E-state index contributed by atoms with van der Waals surface area (Å²) < 4.78 is 0. The molecule has 1 aliphatic carbocycles. The molecule has 52 valence electrons. The van der Waals surface area contributed by atoms with Gasteiger partial charge in [-0.1, -0.05) is 0 Å². The topological polar surface area (TPSA) is 49.5 Å². The highest BCUT2D eigenvalue weighted by Gasteiger charge is 2.54. The van der Waals surface area contributed by atoms with Crippen molar-refractivity contribution in [2.24, 2.45) is 11.8 Å². The van der Waals surface area contributed by atoms with Crippen molar-refractivity contribution < 1.29 is 5.11 Å². The van der Waals surface area contributed by atoms with E-state index in [9.17, 15) is 0 Å². The summed E-state index contributed by atoms with van der Waals surface area (Å²) in [6.07, 6.45) is 2.22. The van der Waals surface area contributed by atoms with E-state index in [2.05, 4.69) is 0 Å². The lowest BCUT2D eigenvalue weighted by Crippen LogP contribution is -2.51. The first-order valence-electron chi connectivity index (χ1n) is 3.40. The standard InChI is InChI=1S/C6H12N2O/c7-8-3-5-1-6(8,2-5)4-9/h5,9H,1-4,7H2. The quantitative estimate of drug-likeness (QED) is 0.460. The number of aliphatic hydroxyl groups excluding tert-OH is 1. The van der Waals surface area contributed by atoms with E-state index in [4.69, 9.17) is 10.9 Å². The normalized spacial score (nSPS) is 49.3. The molecule has 0 radical (unpaired) electrons. The van der Waals surface area contributed by atoms with Gasteiger partial charge >= 0.3 is 0 Å². The molecular weight excluding hydrogens is 116 g/mol. The number of nitrogens with two attached hydrogens (primary N) is 1. The van der Waals surface area contributed by atoms with Crippen LogP contribution in [0.3, 0.4) is 0 Å². The lowest BCUT2D eigenvalue weighted by molar-refractivity contribution is 0.0376. The Balaban J connectivity index is 2.15. The Hall–Kier alpha value is -0.120. The molecule has 0 amide bonds. The molecule has 3 N–H and O–H groups in total. The van der Waals surface area contributed by atoms with Gasteiger partial charge in [-0.15, -0.1) is 0 Å². The van der Waals surface area contributed by atoms with Crippen molar-refractivity contribution >= 4 is 0 Å². The van der Waals surface area contributed by atoms with Gasteiger partial charge in [0.25, 0.3) is 0 Å². The molecule has 3 aliphatic rings. The minimum absolute atomic E-state index is 0.00463. The average molecular weight is 128 g/mol. The average Bonchev–Trinajstić information content (AvgIpc) is 2.17. The van der Waals surface area contributed by atoms with Crippen molar-refractivity contribution in [3.8, 4) is 0 Å². The van der Waals surface area contributed by atoms with Crippen LogP contribution in [0.2, 0.25) is 0 Å². The second kappa shape index (κ2) is 1.48. The highest BCUT2D eigenvalue weighted by atomic mass is 16.3. The zero-order valence-electron chi connectivity index (χ0n) is 5.38. The van der Waals surface area contributed by atoms with Crippen LogP contribution in [0.4, 0.5) is 0 Å². The lowest BCUT2D eigenvalue weighted by Gasteiger charge is -2.38. The zero-order valence-corrected chi connectivity index (χ0v) is 5.38. The summed E-state index contributed by atoms with van der Waals surface area (Å²) in [7, 11) is 0. The van der Waals surface area contributed by atoms with Crippen LogP contribution in [0, 0.1) is 5.92 Å². The van der Waals surface area contributed by atoms with Gasteiger partial charge in [-0.2, -0.15) is 0 Å². The predicted octanol–water partition coefficient (Wildman–Crippen LogP) is -0.683. The molecule has 2 saturated heterocycles. The fourth-order valence-corrected chi connectivity index (χ4v) is 2.07. The van der Waals surface area contributed by atoms with Crippen molar-refractivity contribution in [3.05, 3.63) is 0 Å². The van der Waals surface area contributed by atoms with Crippen LogP contribution in [-0.2, 0) is 0 Å². The fraction of sp³-hybridized carbons (Fsp3) is 1.00. The van der Waals surface area contributed by atoms with Crippen molar-refractivity contribution in [2.75, 3.05) is 13.2 Å². The second-order valence-electron chi connectivity index (χ2n) is 3.31. The van der Waals surface area contributed by atoms with Crippen LogP contribution < -0.4 is 5.84 Å². The van der Waals surface area contributed by atoms with Crippen LogP contribution in [0.15, 0.2) is 0 Å². The Morgan fingerprint density at radius 2 is 2.33 bits per heavy atom. The molecule has 9 heavy (non-hydrogen) atoms. The fourth-order valence-electron chi connectivity index (χ4n) is 2.07. The molecular formula is C6H12N2O. The van der Waals surface area contributed by atoms with Crippen molar-refractivity contribution in [2.45, 2.75) is 18.4 Å². The summed E-state index contributed by atoms with van der Waals surface area (Å²) in [6, 6.07) is 0. The second-order valence-corrected chi connectivity index (χ2v) is 3.31. The molecule has 3 rings (SSSR count). The number of fused-ring (bicyclic) bond motifs is 1. The first-order chi connectivity index (χ1) is 4.27. The van der Waals surface area contributed by atoms with Gasteiger partial charge in [-0.05, 0) is 18.8 Å². The van der Waals surface area contributed by atoms with Crippen molar-refractivity contribution in [1.29, 1.82) is 0 Å². The van der Waals surface area contributed by atoms with E-state index in [1.807, 2.05) is 0 Å². The SMILES string of the molecule is NN1CC2CC1(CO)C2. The number of hydrazine groups is 1. The van der Waals surface area contributed by atoms with Crippen molar-refractivity contribution in [3.63, 3.8) is 0 Å². The van der Waals surface area contributed by atoms with Gasteiger partial charge < -0.3 is 5.11 Å². The van der Waals surface area contributed by atoms with E-state index in [0.717, 1.165) is 25.3 Å². The summed E-state index contributed by atoms with van der Waals surface area (Å²) in [6.45, 7) is 1.22. The minimum atomic E-state index is 0.00463. The molecule has 1 saturated carbocycles. The van der Waals surface area contributed by atoms with Gasteiger partial charge in [-0.3, -0.25) is 5.84 Å². The van der Waals surface area contributed by atoms with Gasteiger partial charge in [0.1, 0.15) is 0 Å². The Morgan fingerprint density at radius 3 is 2.56 bits per heavy atom. The monoisotopic (exact) mass is 128 g/mol. The molecule has 3 nitrogen and oxygen atoms in total. The van der Waals surface area contributed by atoms with E-state index in [0.29, 0.717) is 0 Å². The van der Waals surface area contributed by atoms with Gasteiger partial charge in [0, 0.05) is 6.54 Å². The van der Waals surface area contributed by atoms with Crippen LogP contribution >= 0.6 is 0 Å². The molecule has 0 atom stereocenters. The van der Waals surface area contributed by atoms with E-state index in [1.54, 1.807) is 5.01 Å². The van der Waals surface area contributed by atoms with E-state index < -0.39 is 0 Å². The Bertz CT molecular complexity index is 131. The minimum Gasteiger partial charge on any atom is -0.394 e.